The summed E-state index contributed by atoms with van der Waals surface area (Å²) in [4.78, 5) is 4.30. The Kier molecular flexibility index (Phi) is 4.89. The van der Waals surface area contributed by atoms with E-state index < -0.39 is 0 Å². The SMILES string of the molecule is Cc1cc(CCl)cc(OCCC(C)C)n1. The summed E-state index contributed by atoms with van der Waals surface area (Å²) >= 11 is 5.77. The summed E-state index contributed by atoms with van der Waals surface area (Å²) in [5.41, 5.74) is 2.01. The second-order valence-corrected chi connectivity index (χ2v) is 4.39. The van der Waals surface area contributed by atoms with Crippen molar-refractivity contribution in [2.45, 2.75) is 33.1 Å². The molecule has 0 atom stereocenters. The van der Waals surface area contributed by atoms with Crippen molar-refractivity contribution in [1.82, 2.24) is 4.98 Å². The van der Waals surface area contributed by atoms with E-state index in [0.29, 0.717) is 17.7 Å². The lowest BCUT2D eigenvalue weighted by atomic mass is 10.1. The van der Waals surface area contributed by atoms with Crippen molar-refractivity contribution in [3.63, 3.8) is 0 Å². The maximum Gasteiger partial charge on any atom is 0.213 e. The molecule has 15 heavy (non-hydrogen) atoms. The molecule has 0 N–H and O–H groups in total. The van der Waals surface area contributed by atoms with E-state index in [4.69, 9.17) is 16.3 Å². The van der Waals surface area contributed by atoms with Gasteiger partial charge in [-0.25, -0.2) is 4.98 Å². The summed E-state index contributed by atoms with van der Waals surface area (Å²) in [6, 6.07) is 3.88. The Morgan fingerprint density at radius 3 is 2.73 bits per heavy atom. The minimum atomic E-state index is 0.504. The molecule has 84 valence electrons. The Morgan fingerprint density at radius 2 is 2.13 bits per heavy atom. The summed E-state index contributed by atoms with van der Waals surface area (Å²) < 4.78 is 5.57. The zero-order valence-electron chi connectivity index (χ0n) is 9.59. The predicted octanol–water partition coefficient (Wildman–Crippen LogP) is 3.55. The summed E-state index contributed by atoms with van der Waals surface area (Å²) in [6.07, 6.45) is 1.05. The zero-order chi connectivity index (χ0) is 11.3. The molecule has 1 aromatic heterocycles. The largest absolute Gasteiger partial charge is 0.478 e. The summed E-state index contributed by atoms with van der Waals surface area (Å²) in [5, 5.41) is 0. The van der Waals surface area contributed by atoms with Crippen LogP contribution in [0, 0.1) is 12.8 Å². The van der Waals surface area contributed by atoms with Gasteiger partial charge < -0.3 is 4.74 Å². The molecule has 1 rings (SSSR count). The van der Waals surface area contributed by atoms with E-state index in [2.05, 4.69) is 18.8 Å². The van der Waals surface area contributed by atoms with Crippen molar-refractivity contribution >= 4 is 11.6 Å². The van der Waals surface area contributed by atoms with Gasteiger partial charge in [0.1, 0.15) is 0 Å². The molecule has 1 aromatic rings. The van der Waals surface area contributed by atoms with Crippen molar-refractivity contribution in [2.75, 3.05) is 6.61 Å². The molecule has 0 bridgehead atoms. The van der Waals surface area contributed by atoms with Crippen LogP contribution in [0.5, 0.6) is 5.88 Å². The number of hydrogen-bond donors (Lipinski definition) is 0. The quantitative estimate of drug-likeness (QED) is 0.718. The minimum absolute atomic E-state index is 0.504. The van der Waals surface area contributed by atoms with Gasteiger partial charge in [-0.15, -0.1) is 11.6 Å². The van der Waals surface area contributed by atoms with E-state index in [9.17, 15) is 0 Å². The first kappa shape index (κ1) is 12.3. The number of ether oxygens (including phenoxy) is 1. The first-order valence-electron chi connectivity index (χ1n) is 5.28. The summed E-state index contributed by atoms with van der Waals surface area (Å²) in [6.45, 7) is 7.02. The molecule has 0 unspecified atom stereocenters. The van der Waals surface area contributed by atoms with Crippen molar-refractivity contribution in [3.8, 4) is 5.88 Å². The molecule has 0 aliphatic rings. The number of rotatable bonds is 5. The average Bonchev–Trinajstić information content (AvgIpc) is 2.16. The number of alkyl halides is 1. The number of aryl methyl sites for hydroxylation is 1. The van der Waals surface area contributed by atoms with Crippen molar-refractivity contribution in [3.05, 3.63) is 23.4 Å². The molecular weight excluding hydrogens is 210 g/mol. The van der Waals surface area contributed by atoms with E-state index >= 15 is 0 Å². The minimum Gasteiger partial charge on any atom is -0.478 e. The van der Waals surface area contributed by atoms with Crippen molar-refractivity contribution < 1.29 is 4.74 Å². The Hall–Kier alpha value is -0.760. The standard InChI is InChI=1S/C12H18ClNO/c1-9(2)4-5-15-12-7-11(8-13)6-10(3)14-12/h6-7,9H,4-5,8H2,1-3H3. The van der Waals surface area contributed by atoms with Gasteiger partial charge in [-0.3, -0.25) is 0 Å². The average molecular weight is 228 g/mol. The lowest BCUT2D eigenvalue weighted by Crippen LogP contribution is -2.03. The first-order chi connectivity index (χ1) is 7.11. The highest BCUT2D eigenvalue weighted by atomic mass is 35.5. The van der Waals surface area contributed by atoms with E-state index in [1.54, 1.807) is 0 Å². The van der Waals surface area contributed by atoms with Gasteiger partial charge in [0, 0.05) is 17.6 Å². The third kappa shape index (κ3) is 4.52. The normalized spacial score (nSPS) is 10.7. The van der Waals surface area contributed by atoms with Crippen LogP contribution < -0.4 is 4.74 Å². The highest BCUT2D eigenvalue weighted by Gasteiger charge is 2.01. The highest BCUT2D eigenvalue weighted by molar-refractivity contribution is 6.17. The van der Waals surface area contributed by atoms with E-state index in [1.165, 1.54) is 0 Å². The first-order valence-corrected chi connectivity index (χ1v) is 5.81. The number of pyridine rings is 1. The Bertz CT molecular complexity index is 312. The molecule has 0 aliphatic heterocycles. The topological polar surface area (TPSA) is 22.1 Å². The fourth-order valence-electron chi connectivity index (χ4n) is 1.26. The van der Waals surface area contributed by atoms with Gasteiger partial charge in [0.2, 0.25) is 5.88 Å². The van der Waals surface area contributed by atoms with Crippen LogP contribution in [0.4, 0.5) is 0 Å². The summed E-state index contributed by atoms with van der Waals surface area (Å²) in [7, 11) is 0. The highest BCUT2D eigenvalue weighted by Crippen LogP contribution is 2.14. The molecule has 0 aliphatic carbocycles. The van der Waals surface area contributed by atoms with Gasteiger partial charge in [0.15, 0.2) is 0 Å². The van der Waals surface area contributed by atoms with Crippen LogP contribution in [0.2, 0.25) is 0 Å². The Morgan fingerprint density at radius 1 is 1.40 bits per heavy atom. The molecule has 0 saturated heterocycles. The molecule has 0 spiro atoms. The van der Waals surface area contributed by atoms with Gasteiger partial charge >= 0.3 is 0 Å². The number of hydrogen-bond acceptors (Lipinski definition) is 2. The lowest BCUT2D eigenvalue weighted by Gasteiger charge is -2.08. The van der Waals surface area contributed by atoms with E-state index in [0.717, 1.165) is 24.3 Å². The molecule has 1 heterocycles. The van der Waals surface area contributed by atoms with Gasteiger partial charge in [0.05, 0.1) is 6.61 Å². The number of nitrogens with zero attached hydrogens (tertiary/aromatic N) is 1. The molecule has 3 heteroatoms. The molecule has 0 aromatic carbocycles. The Labute approximate surface area is 96.6 Å². The fraction of sp³-hybridized carbons (Fsp3) is 0.583. The van der Waals surface area contributed by atoms with Crippen molar-refractivity contribution in [2.24, 2.45) is 5.92 Å². The second-order valence-electron chi connectivity index (χ2n) is 4.12. The van der Waals surface area contributed by atoms with E-state index in [-0.39, 0.29) is 0 Å². The smallest absolute Gasteiger partial charge is 0.213 e. The second kappa shape index (κ2) is 5.96. The molecule has 0 fully saturated rings. The molecule has 0 amide bonds. The molecular formula is C12H18ClNO. The summed E-state index contributed by atoms with van der Waals surface area (Å²) in [5.74, 6) is 1.85. The Balaban J connectivity index is 2.56. The number of aromatic nitrogens is 1. The van der Waals surface area contributed by atoms with Crippen LogP contribution in [0.1, 0.15) is 31.5 Å². The van der Waals surface area contributed by atoms with Crippen molar-refractivity contribution in [1.29, 1.82) is 0 Å². The lowest BCUT2D eigenvalue weighted by molar-refractivity contribution is 0.279. The molecule has 2 nitrogen and oxygen atoms in total. The van der Waals surface area contributed by atoms with Gasteiger partial charge in [-0.05, 0) is 30.9 Å². The maximum atomic E-state index is 5.77. The van der Waals surface area contributed by atoms with Crippen LogP contribution in [0.25, 0.3) is 0 Å². The van der Waals surface area contributed by atoms with Crippen LogP contribution in [-0.2, 0) is 5.88 Å². The third-order valence-corrected chi connectivity index (χ3v) is 2.40. The van der Waals surface area contributed by atoms with Gasteiger partial charge in [0.25, 0.3) is 0 Å². The third-order valence-electron chi connectivity index (χ3n) is 2.09. The number of halogens is 1. The fourth-order valence-corrected chi connectivity index (χ4v) is 1.41. The van der Waals surface area contributed by atoms with Gasteiger partial charge in [-0.1, -0.05) is 13.8 Å². The van der Waals surface area contributed by atoms with Crippen LogP contribution in [0.3, 0.4) is 0 Å². The predicted molar refractivity (Wildman–Crippen MR) is 63.5 cm³/mol. The van der Waals surface area contributed by atoms with Crippen LogP contribution in [0.15, 0.2) is 12.1 Å². The van der Waals surface area contributed by atoms with Gasteiger partial charge in [-0.2, -0.15) is 0 Å². The van der Waals surface area contributed by atoms with Crippen LogP contribution >= 0.6 is 11.6 Å². The molecule has 0 saturated carbocycles. The monoisotopic (exact) mass is 227 g/mol. The zero-order valence-corrected chi connectivity index (χ0v) is 10.3. The maximum absolute atomic E-state index is 5.77. The van der Waals surface area contributed by atoms with E-state index in [1.807, 2.05) is 19.1 Å². The van der Waals surface area contributed by atoms with Crippen LogP contribution in [-0.4, -0.2) is 11.6 Å². The molecule has 0 radical (unpaired) electrons.